The van der Waals surface area contributed by atoms with E-state index >= 15 is 0 Å². The zero-order valence-corrected chi connectivity index (χ0v) is 16.4. The van der Waals surface area contributed by atoms with Crippen molar-refractivity contribution in [3.05, 3.63) is 102 Å². The fraction of sp³-hybridized carbons (Fsp3) is 0.125. The highest BCUT2D eigenvalue weighted by Gasteiger charge is 2.15. The third kappa shape index (κ3) is 4.38. The number of hydrogen-bond acceptors (Lipinski definition) is 3. The molecule has 0 atom stereocenters. The van der Waals surface area contributed by atoms with E-state index in [0.29, 0.717) is 30.8 Å². The van der Waals surface area contributed by atoms with Crippen LogP contribution >= 0.6 is 0 Å². The van der Waals surface area contributed by atoms with Crippen LogP contribution in [0, 0.1) is 0 Å². The summed E-state index contributed by atoms with van der Waals surface area (Å²) in [5, 5.41) is 6.60. The van der Waals surface area contributed by atoms with E-state index in [0.717, 1.165) is 10.9 Å². The van der Waals surface area contributed by atoms with E-state index in [2.05, 4.69) is 32.3 Å². The van der Waals surface area contributed by atoms with Gasteiger partial charge in [0.25, 0.3) is 11.8 Å². The van der Waals surface area contributed by atoms with Crippen LogP contribution in [0.3, 0.4) is 0 Å². The zero-order valence-electron chi connectivity index (χ0n) is 16.4. The van der Waals surface area contributed by atoms with E-state index in [1.807, 2.05) is 48.7 Å². The Hall–Kier alpha value is -3.93. The number of rotatable bonds is 7. The molecule has 2 heterocycles. The molecule has 0 aliphatic heterocycles. The van der Waals surface area contributed by atoms with Crippen LogP contribution in [0.15, 0.2) is 85.3 Å². The van der Waals surface area contributed by atoms with Crippen LogP contribution in [-0.4, -0.2) is 34.5 Å². The minimum absolute atomic E-state index is 0.156. The van der Waals surface area contributed by atoms with Crippen LogP contribution < -0.4 is 10.6 Å². The van der Waals surface area contributed by atoms with Gasteiger partial charge in [-0.3, -0.25) is 14.6 Å². The van der Waals surface area contributed by atoms with Gasteiger partial charge in [0.15, 0.2) is 0 Å². The Balaban J connectivity index is 1.41. The van der Waals surface area contributed by atoms with E-state index in [-0.39, 0.29) is 11.8 Å². The number of amides is 2. The minimum Gasteiger partial charge on any atom is -0.350 e. The second-order valence-electron chi connectivity index (χ2n) is 6.92. The molecule has 0 spiro atoms. The number of benzene rings is 2. The Morgan fingerprint density at radius 3 is 2.23 bits per heavy atom. The third-order valence-corrected chi connectivity index (χ3v) is 4.87. The van der Waals surface area contributed by atoms with Crippen LogP contribution in [-0.2, 0) is 6.54 Å². The van der Waals surface area contributed by atoms with E-state index in [4.69, 9.17) is 0 Å². The van der Waals surface area contributed by atoms with Gasteiger partial charge in [-0.15, -0.1) is 0 Å². The SMILES string of the molecule is O=C(NCCNC(=O)c1cn(Cc2ccccc2)c2ccccc12)c1ccncc1. The molecule has 2 aromatic carbocycles. The van der Waals surface area contributed by atoms with Gasteiger partial charge in [0.2, 0.25) is 0 Å². The van der Waals surface area contributed by atoms with Crippen LogP contribution in [0.5, 0.6) is 0 Å². The van der Waals surface area contributed by atoms with Crippen molar-refractivity contribution in [1.82, 2.24) is 20.2 Å². The zero-order chi connectivity index (χ0) is 20.8. The minimum atomic E-state index is -0.189. The average Bonchev–Trinajstić information content (AvgIpc) is 3.16. The summed E-state index contributed by atoms with van der Waals surface area (Å²) in [4.78, 5) is 28.7. The summed E-state index contributed by atoms with van der Waals surface area (Å²) in [5.74, 6) is -0.345. The van der Waals surface area contributed by atoms with Crippen molar-refractivity contribution in [3.8, 4) is 0 Å². The first kappa shape index (κ1) is 19.4. The summed E-state index contributed by atoms with van der Waals surface area (Å²) in [7, 11) is 0. The Labute approximate surface area is 174 Å². The standard InChI is InChI=1S/C24H22N4O2/c29-23(19-10-12-25-13-11-19)26-14-15-27-24(30)21-17-28(16-18-6-2-1-3-7-18)22-9-5-4-8-20(21)22/h1-13,17H,14-16H2,(H,26,29)(H,27,30). The smallest absolute Gasteiger partial charge is 0.253 e. The number of para-hydroxylation sites is 1. The number of nitrogens with zero attached hydrogens (tertiary/aromatic N) is 2. The Kier molecular flexibility index (Phi) is 5.85. The molecule has 0 unspecified atom stereocenters. The summed E-state index contributed by atoms with van der Waals surface area (Å²) in [6.07, 6.45) is 5.03. The normalized spacial score (nSPS) is 10.7. The lowest BCUT2D eigenvalue weighted by atomic mass is 10.1. The van der Waals surface area contributed by atoms with Crippen molar-refractivity contribution in [2.24, 2.45) is 0 Å². The van der Waals surface area contributed by atoms with E-state index in [1.54, 1.807) is 24.5 Å². The highest BCUT2D eigenvalue weighted by atomic mass is 16.2. The Morgan fingerprint density at radius 1 is 0.800 bits per heavy atom. The number of hydrogen-bond donors (Lipinski definition) is 2. The number of pyridine rings is 1. The van der Waals surface area contributed by atoms with Gasteiger partial charge in [0.1, 0.15) is 0 Å². The molecule has 0 radical (unpaired) electrons. The van der Waals surface area contributed by atoms with Crippen LogP contribution in [0.1, 0.15) is 26.3 Å². The van der Waals surface area contributed by atoms with Crippen molar-refractivity contribution in [2.75, 3.05) is 13.1 Å². The molecule has 0 aliphatic rings. The predicted octanol–water partition coefficient (Wildman–Crippen LogP) is 3.24. The van der Waals surface area contributed by atoms with Gasteiger partial charge in [-0.2, -0.15) is 0 Å². The molecule has 0 saturated carbocycles. The molecule has 6 nitrogen and oxygen atoms in total. The van der Waals surface area contributed by atoms with Gasteiger partial charge in [-0.25, -0.2) is 0 Å². The van der Waals surface area contributed by atoms with Gasteiger partial charge in [-0.05, 0) is 23.8 Å². The molecule has 2 amide bonds. The molecule has 4 rings (SSSR count). The van der Waals surface area contributed by atoms with Gasteiger partial charge in [0.05, 0.1) is 5.56 Å². The topological polar surface area (TPSA) is 76.0 Å². The predicted molar refractivity (Wildman–Crippen MR) is 116 cm³/mol. The van der Waals surface area contributed by atoms with Crippen molar-refractivity contribution < 1.29 is 9.59 Å². The quantitative estimate of drug-likeness (QED) is 0.469. The molecule has 4 aromatic rings. The van der Waals surface area contributed by atoms with Crippen LogP contribution in [0.4, 0.5) is 0 Å². The molecule has 0 fully saturated rings. The summed E-state index contributed by atoms with van der Waals surface area (Å²) >= 11 is 0. The molecule has 0 aliphatic carbocycles. The first-order chi connectivity index (χ1) is 14.7. The highest BCUT2D eigenvalue weighted by molar-refractivity contribution is 6.07. The van der Waals surface area contributed by atoms with Crippen molar-refractivity contribution >= 4 is 22.7 Å². The first-order valence-electron chi connectivity index (χ1n) is 9.80. The van der Waals surface area contributed by atoms with Crippen molar-refractivity contribution in [2.45, 2.75) is 6.54 Å². The second kappa shape index (κ2) is 9.05. The lowest BCUT2D eigenvalue weighted by molar-refractivity contribution is 0.0928. The van der Waals surface area contributed by atoms with Gasteiger partial charge < -0.3 is 15.2 Å². The molecule has 150 valence electrons. The number of aromatic nitrogens is 2. The third-order valence-electron chi connectivity index (χ3n) is 4.87. The number of carbonyl (C=O) groups excluding carboxylic acids is 2. The van der Waals surface area contributed by atoms with Gasteiger partial charge in [-0.1, -0.05) is 48.5 Å². The summed E-state index contributed by atoms with van der Waals surface area (Å²) in [6.45, 7) is 1.38. The number of nitrogens with one attached hydrogen (secondary N) is 2. The number of fused-ring (bicyclic) bond motifs is 1. The Morgan fingerprint density at radius 2 is 1.47 bits per heavy atom. The molecule has 0 saturated heterocycles. The fourth-order valence-corrected chi connectivity index (χ4v) is 3.39. The fourth-order valence-electron chi connectivity index (χ4n) is 3.39. The van der Waals surface area contributed by atoms with E-state index < -0.39 is 0 Å². The summed E-state index contributed by atoms with van der Waals surface area (Å²) < 4.78 is 2.09. The second-order valence-corrected chi connectivity index (χ2v) is 6.92. The maximum absolute atomic E-state index is 12.8. The lowest BCUT2D eigenvalue weighted by Gasteiger charge is -2.07. The van der Waals surface area contributed by atoms with E-state index in [9.17, 15) is 9.59 Å². The Bertz CT molecular complexity index is 1150. The summed E-state index contributed by atoms with van der Waals surface area (Å²) in [5.41, 5.74) is 3.35. The van der Waals surface area contributed by atoms with Crippen LogP contribution in [0.25, 0.3) is 10.9 Å². The average molecular weight is 398 g/mol. The number of carbonyl (C=O) groups is 2. The molecular formula is C24H22N4O2. The molecule has 2 N–H and O–H groups in total. The molecule has 0 bridgehead atoms. The molecule has 2 aromatic heterocycles. The monoisotopic (exact) mass is 398 g/mol. The van der Waals surface area contributed by atoms with Crippen molar-refractivity contribution in [1.29, 1.82) is 0 Å². The largest absolute Gasteiger partial charge is 0.350 e. The molecular weight excluding hydrogens is 376 g/mol. The highest BCUT2D eigenvalue weighted by Crippen LogP contribution is 2.22. The molecule has 30 heavy (non-hydrogen) atoms. The van der Waals surface area contributed by atoms with Gasteiger partial charge >= 0.3 is 0 Å². The lowest BCUT2D eigenvalue weighted by Crippen LogP contribution is -2.34. The van der Waals surface area contributed by atoms with Crippen molar-refractivity contribution in [3.63, 3.8) is 0 Å². The van der Waals surface area contributed by atoms with Crippen LogP contribution in [0.2, 0.25) is 0 Å². The maximum Gasteiger partial charge on any atom is 0.253 e. The summed E-state index contributed by atoms with van der Waals surface area (Å²) in [6, 6.07) is 21.3. The maximum atomic E-state index is 12.8. The van der Waals surface area contributed by atoms with E-state index in [1.165, 1.54) is 5.56 Å². The first-order valence-corrected chi connectivity index (χ1v) is 9.80. The van der Waals surface area contributed by atoms with Gasteiger partial charge in [0, 0.05) is 54.7 Å². The molecule has 6 heteroatoms.